The van der Waals surface area contributed by atoms with Gasteiger partial charge in [0.15, 0.2) is 5.82 Å². The summed E-state index contributed by atoms with van der Waals surface area (Å²) in [6.45, 7) is 4.18. The highest BCUT2D eigenvalue weighted by Crippen LogP contribution is 2.22. The molecule has 3 rings (SSSR count). The summed E-state index contributed by atoms with van der Waals surface area (Å²) in [6, 6.07) is 13.1. The molecule has 0 saturated heterocycles. The minimum Gasteiger partial charge on any atom is -0.508 e. The first-order chi connectivity index (χ1) is 10.1. The highest BCUT2D eigenvalue weighted by molar-refractivity contribution is 5.55. The minimum absolute atomic E-state index is 0.182. The summed E-state index contributed by atoms with van der Waals surface area (Å²) in [7, 11) is 0. The van der Waals surface area contributed by atoms with Gasteiger partial charge in [0.25, 0.3) is 5.89 Å². The molecular formula is C17H16N2O2. The van der Waals surface area contributed by atoms with E-state index < -0.39 is 0 Å². The lowest BCUT2D eigenvalue weighted by Crippen LogP contribution is -1.92. The Labute approximate surface area is 123 Å². The Morgan fingerprint density at radius 2 is 1.90 bits per heavy atom. The topological polar surface area (TPSA) is 59.2 Å². The second kappa shape index (κ2) is 5.40. The molecule has 1 aromatic heterocycles. The van der Waals surface area contributed by atoms with Crippen LogP contribution in [0.1, 0.15) is 22.5 Å². The van der Waals surface area contributed by atoms with Gasteiger partial charge in [-0.05, 0) is 48.7 Å². The van der Waals surface area contributed by atoms with E-state index in [0.717, 1.165) is 5.56 Å². The third-order valence-corrected chi connectivity index (χ3v) is 3.49. The van der Waals surface area contributed by atoms with E-state index >= 15 is 0 Å². The van der Waals surface area contributed by atoms with Gasteiger partial charge in [-0.15, -0.1) is 0 Å². The van der Waals surface area contributed by atoms with Crippen LogP contribution in [-0.2, 0) is 6.42 Å². The van der Waals surface area contributed by atoms with E-state index in [4.69, 9.17) is 4.52 Å². The highest BCUT2D eigenvalue weighted by atomic mass is 16.5. The second-order valence-corrected chi connectivity index (χ2v) is 5.16. The number of aryl methyl sites for hydroxylation is 2. The van der Waals surface area contributed by atoms with Gasteiger partial charge in [-0.1, -0.05) is 29.4 Å². The number of aromatic hydroxyl groups is 1. The minimum atomic E-state index is 0.182. The van der Waals surface area contributed by atoms with E-state index in [1.54, 1.807) is 18.2 Å². The van der Waals surface area contributed by atoms with E-state index in [0.29, 0.717) is 23.7 Å². The van der Waals surface area contributed by atoms with E-state index in [-0.39, 0.29) is 5.75 Å². The van der Waals surface area contributed by atoms with Crippen LogP contribution in [0.4, 0.5) is 0 Å². The lowest BCUT2D eigenvalue weighted by Gasteiger charge is -2.02. The van der Waals surface area contributed by atoms with E-state index in [1.807, 2.05) is 6.07 Å². The molecule has 0 aliphatic rings. The SMILES string of the molecule is Cc1ccc(Cc2noc(-c3cccc(O)c3)n2)cc1C. The first-order valence-corrected chi connectivity index (χ1v) is 6.80. The molecule has 2 aromatic carbocycles. The molecule has 106 valence electrons. The van der Waals surface area contributed by atoms with E-state index in [1.165, 1.54) is 11.1 Å². The van der Waals surface area contributed by atoms with E-state index in [2.05, 4.69) is 42.2 Å². The number of phenols is 1. The van der Waals surface area contributed by atoms with Crippen LogP contribution in [-0.4, -0.2) is 15.2 Å². The van der Waals surface area contributed by atoms with Crippen molar-refractivity contribution in [2.75, 3.05) is 0 Å². The van der Waals surface area contributed by atoms with Crippen molar-refractivity contribution in [3.05, 3.63) is 65.0 Å². The van der Waals surface area contributed by atoms with Crippen molar-refractivity contribution in [1.82, 2.24) is 10.1 Å². The quantitative estimate of drug-likeness (QED) is 0.795. The lowest BCUT2D eigenvalue weighted by molar-refractivity contribution is 0.423. The Hall–Kier alpha value is -2.62. The number of nitrogens with zero attached hydrogens (tertiary/aromatic N) is 2. The van der Waals surface area contributed by atoms with Gasteiger partial charge < -0.3 is 9.63 Å². The monoisotopic (exact) mass is 280 g/mol. The fourth-order valence-corrected chi connectivity index (χ4v) is 2.18. The smallest absolute Gasteiger partial charge is 0.258 e. The maximum Gasteiger partial charge on any atom is 0.258 e. The second-order valence-electron chi connectivity index (χ2n) is 5.16. The average molecular weight is 280 g/mol. The molecule has 0 aliphatic heterocycles. The average Bonchev–Trinajstić information content (AvgIpc) is 2.91. The van der Waals surface area contributed by atoms with Gasteiger partial charge >= 0.3 is 0 Å². The summed E-state index contributed by atoms with van der Waals surface area (Å²) in [5.41, 5.74) is 4.40. The molecule has 4 nitrogen and oxygen atoms in total. The molecule has 4 heteroatoms. The highest BCUT2D eigenvalue weighted by Gasteiger charge is 2.10. The van der Waals surface area contributed by atoms with Crippen molar-refractivity contribution >= 4 is 0 Å². The molecule has 0 spiro atoms. The molecule has 0 fully saturated rings. The van der Waals surface area contributed by atoms with Crippen molar-refractivity contribution in [2.24, 2.45) is 0 Å². The van der Waals surface area contributed by atoms with Crippen molar-refractivity contribution in [2.45, 2.75) is 20.3 Å². The zero-order valence-electron chi connectivity index (χ0n) is 12.0. The predicted molar refractivity (Wildman–Crippen MR) is 80.1 cm³/mol. The van der Waals surface area contributed by atoms with Crippen molar-refractivity contribution in [3.8, 4) is 17.2 Å². The van der Waals surface area contributed by atoms with Gasteiger partial charge in [0.05, 0.1) is 0 Å². The maximum atomic E-state index is 9.48. The lowest BCUT2D eigenvalue weighted by atomic mass is 10.0. The van der Waals surface area contributed by atoms with Crippen molar-refractivity contribution in [3.63, 3.8) is 0 Å². The molecular weight excluding hydrogens is 264 g/mol. The number of hydrogen-bond donors (Lipinski definition) is 1. The Bertz CT molecular complexity index is 778. The maximum absolute atomic E-state index is 9.48. The molecule has 0 bridgehead atoms. The summed E-state index contributed by atoms with van der Waals surface area (Å²) >= 11 is 0. The molecule has 21 heavy (non-hydrogen) atoms. The summed E-state index contributed by atoms with van der Waals surface area (Å²) < 4.78 is 5.26. The number of hydrogen-bond acceptors (Lipinski definition) is 4. The van der Waals surface area contributed by atoms with Crippen LogP contribution in [0.3, 0.4) is 0 Å². The summed E-state index contributed by atoms with van der Waals surface area (Å²) in [5.74, 6) is 1.24. The molecule has 0 amide bonds. The molecule has 0 aliphatic carbocycles. The summed E-state index contributed by atoms with van der Waals surface area (Å²) in [5, 5.41) is 13.5. The van der Waals surface area contributed by atoms with Gasteiger partial charge in [-0.3, -0.25) is 0 Å². The van der Waals surface area contributed by atoms with Gasteiger partial charge in [0, 0.05) is 12.0 Å². The van der Waals surface area contributed by atoms with E-state index in [9.17, 15) is 5.11 Å². The van der Waals surface area contributed by atoms with Crippen LogP contribution in [0.2, 0.25) is 0 Å². The van der Waals surface area contributed by atoms with Gasteiger partial charge in [0.2, 0.25) is 0 Å². The van der Waals surface area contributed by atoms with Crippen LogP contribution in [0, 0.1) is 13.8 Å². The van der Waals surface area contributed by atoms with Crippen molar-refractivity contribution in [1.29, 1.82) is 0 Å². The Morgan fingerprint density at radius 1 is 1.05 bits per heavy atom. The van der Waals surface area contributed by atoms with Crippen LogP contribution >= 0.6 is 0 Å². The molecule has 3 aromatic rings. The summed E-state index contributed by atoms with van der Waals surface area (Å²) in [6.07, 6.45) is 0.628. The first-order valence-electron chi connectivity index (χ1n) is 6.80. The number of aromatic nitrogens is 2. The molecule has 1 N–H and O–H groups in total. The Balaban J connectivity index is 1.83. The molecule has 0 unspecified atom stereocenters. The van der Waals surface area contributed by atoms with Gasteiger partial charge in [-0.25, -0.2) is 0 Å². The fourth-order valence-electron chi connectivity index (χ4n) is 2.18. The predicted octanol–water partition coefficient (Wildman–Crippen LogP) is 3.65. The molecule has 0 radical (unpaired) electrons. The first kappa shape index (κ1) is 13.4. The zero-order valence-corrected chi connectivity index (χ0v) is 12.0. The normalized spacial score (nSPS) is 10.8. The number of phenolic OH excluding ortho intramolecular Hbond substituents is 1. The number of rotatable bonds is 3. The summed E-state index contributed by atoms with van der Waals surface area (Å²) in [4.78, 5) is 4.38. The zero-order chi connectivity index (χ0) is 14.8. The Kier molecular flexibility index (Phi) is 3.44. The molecule has 0 atom stereocenters. The molecule has 1 heterocycles. The van der Waals surface area contributed by atoms with Crippen molar-refractivity contribution < 1.29 is 9.63 Å². The van der Waals surface area contributed by atoms with Crippen LogP contribution in [0.5, 0.6) is 5.75 Å². The van der Waals surface area contributed by atoms with Crippen LogP contribution < -0.4 is 0 Å². The van der Waals surface area contributed by atoms with Crippen LogP contribution in [0.25, 0.3) is 11.5 Å². The van der Waals surface area contributed by atoms with Gasteiger partial charge in [0.1, 0.15) is 5.75 Å². The Morgan fingerprint density at radius 3 is 2.67 bits per heavy atom. The van der Waals surface area contributed by atoms with Crippen LogP contribution in [0.15, 0.2) is 47.0 Å². The fraction of sp³-hybridized carbons (Fsp3) is 0.176. The number of benzene rings is 2. The molecule has 0 saturated carbocycles. The third-order valence-electron chi connectivity index (χ3n) is 3.49. The third kappa shape index (κ3) is 2.94. The standard InChI is InChI=1S/C17H16N2O2/c1-11-6-7-13(8-12(11)2)9-16-18-17(21-19-16)14-4-3-5-15(20)10-14/h3-8,10,20H,9H2,1-2H3. The van der Waals surface area contributed by atoms with Gasteiger partial charge in [-0.2, -0.15) is 4.98 Å². The largest absolute Gasteiger partial charge is 0.508 e.